The lowest BCUT2D eigenvalue weighted by atomic mass is 9.87. The Morgan fingerprint density at radius 2 is 1.53 bits per heavy atom. The van der Waals surface area contributed by atoms with E-state index in [2.05, 4.69) is 23.1 Å². The van der Waals surface area contributed by atoms with Crippen molar-refractivity contribution in [3.05, 3.63) is 77.4 Å². The number of morpholine rings is 1. The number of nitrogens with two attached hydrogens (primary N) is 1. The second-order valence-corrected chi connectivity index (χ2v) is 7.38. The summed E-state index contributed by atoms with van der Waals surface area (Å²) >= 11 is 0. The quantitative estimate of drug-likeness (QED) is 0.718. The minimum Gasteiger partial charge on any atom is -0.378 e. The molecule has 0 spiro atoms. The Hall–Kier alpha value is -3.62. The monoisotopic (exact) mass is 397 g/mol. The molecule has 0 saturated carbocycles. The molecule has 150 valence electrons. The highest BCUT2D eigenvalue weighted by molar-refractivity contribution is 6.04. The molecule has 2 N–H and O–H groups in total. The summed E-state index contributed by atoms with van der Waals surface area (Å²) < 4.78 is 5.44. The molecule has 1 fully saturated rings. The number of carbonyl (C=O) groups is 1. The van der Waals surface area contributed by atoms with Crippen LogP contribution in [0.2, 0.25) is 0 Å². The van der Waals surface area contributed by atoms with Gasteiger partial charge in [-0.25, -0.2) is 0 Å². The number of nitriles is 1. The van der Waals surface area contributed by atoms with E-state index in [4.69, 9.17) is 15.7 Å². The van der Waals surface area contributed by atoms with Gasteiger partial charge >= 0.3 is 0 Å². The summed E-state index contributed by atoms with van der Waals surface area (Å²) in [6.45, 7) is 5.21. The molecular weight excluding hydrogens is 374 g/mol. The average Bonchev–Trinajstić information content (AvgIpc) is 2.79. The van der Waals surface area contributed by atoms with Crippen molar-refractivity contribution in [1.82, 2.24) is 0 Å². The van der Waals surface area contributed by atoms with E-state index in [-0.39, 0.29) is 0 Å². The van der Waals surface area contributed by atoms with E-state index in [1.54, 1.807) is 18.2 Å². The summed E-state index contributed by atoms with van der Waals surface area (Å²) in [5, 5.41) is 9.11. The molecule has 0 bridgehead atoms. The number of primary amides is 1. The van der Waals surface area contributed by atoms with E-state index in [1.807, 2.05) is 37.3 Å². The molecule has 1 heterocycles. The molecule has 1 saturated heterocycles. The lowest BCUT2D eigenvalue weighted by molar-refractivity contribution is 0.100. The Bertz CT molecular complexity index is 1110. The first-order valence-electron chi connectivity index (χ1n) is 9.95. The van der Waals surface area contributed by atoms with Crippen LogP contribution >= 0.6 is 0 Å². The highest BCUT2D eigenvalue weighted by Gasteiger charge is 2.19. The van der Waals surface area contributed by atoms with Crippen LogP contribution in [0.25, 0.3) is 22.3 Å². The summed E-state index contributed by atoms with van der Waals surface area (Å²) in [6.07, 6.45) is 0. The van der Waals surface area contributed by atoms with Crippen molar-refractivity contribution < 1.29 is 9.53 Å². The molecule has 0 atom stereocenters. The van der Waals surface area contributed by atoms with E-state index in [1.165, 1.54) is 0 Å². The van der Waals surface area contributed by atoms with Crippen LogP contribution in [-0.4, -0.2) is 32.2 Å². The minimum absolute atomic E-state index is 0.461. The van der Waals surface area contributed by atoms with Gasteiger partial charge in [0.1, 0.15) is 0 Å². The number of benzene rings is 3. The summed E-state index contributed by atoms with van der Waals surface area (Å²) in [7, 11) is 0. The smallest absolute Gasteiger partial charge is 0.249 e. The highest BCUT2D eigenvalue weighted by atomic mass is 16.5. The number of carbonyl (C=O) groups excluding carboxylic acids is 1. The fourth-order valence-corrected chi connectivity index (χ4v) is 3.96. The van der Waals surface area contributed by atoms with Crippen molar-refractivity contribution in [1.29, 1.82) is 5.26 Å². The van der Waals surface area contributed by atoms with Crippen LogP contribution in [0.5, 0.6) is 0 Å². The van der Waals surface area contributed by atoms with Crippen LogP contribution < -0.4 is 10.6 Å². The van der Waals surface area contributed by atoms with Gasteiger partial charge in [0.2, 0.25) is 5.91 Å². The fourth-order valence-electron chi connectivity index (χ4n) is 3.96. The van der Waals surface area contributed by atoms with E-state index in [9.17, 15) is 4.79 Å². The van der Waals surface area contributed by atoms with Crippen molar-refractivity contribution in [2.45, 2.75) is 6.92 Å². The van der Waals surface area contributed by atoms with Crippen LogP contribution in [0.3, 0.4) is 0 Å². The number of ether oxygens (including phenoxy) is 1. The van der Waals surface area contributed by atoms with E-state index >= 15 is 0 Å². The average molecular weight is 397 g/mol. The zero-order valence-corrected chi connectivity index (χ0v) is 16.9. The largest absolute Gasteiger partial charge is 0.378 e. The highest BCUT2D eigenvalue weighted by Crippen LogP contribution is 2.38. The molecule has 5 heteroatoms. The molecule has 30 heavy (non-hydrogen) atoms. The summed E-state index contributed by atoms with van der Waals surface area (Å²) in [6, 6.07) is 21.5. The lowest BCUT2D eigenvalue weighted by Crippen LogP contribution is -2.36. The minimum atomic E-state index is -0.461. The number of nitrogens with zero attached hydrogens (tertiary/aromatic N) is 2. The van der Waals surface area contributed by atoms with E-state index < -0.39 is 5.91 Å². The molecular formula is C25H23N3O2. The van der Waals surface area contributed by atoms with Gasteiger partial charge in [-0.15, -0.1) is 0 Å². The van der Waals surface area contributed by atoms with Gasteiger partial charge in [-0.2, -0.15) is 5.26 Å². The van der Waals surface area contributed by atoms with Gasteiger partial charge in [-0.05, 0) is 59.5 Å². The maximum absolute atomic E-state index is 12.3. The van der Waals surface area contributed by atoms with Crippen molar-refractivity contribution in [2.75, 3.05) is 31.2 Å². The first-order valence-corrected chi connectivity index (χ1v) is 9.95. The van der Waals surface area contributed by atoms with Crippen molar-refractivity contribution in [3.63, 3.8) is 0 Å². The zero-order valence-electron chi connectivity index (χ0n) is 16.9. The molecule has 1 amide bonds. The van der Waals surface area contributed by atoms with Crippen molar-refractivity contribution in [2.24, 2.45) is 5.73 Å². The number of aryl methyl sites for hydroxylation is 1. The normalized spacial score (nSPS) is 13.7. The number of anilines is 1. The Balaban J connectivity index is 1.84. The van der Waals surface area contributed by atoms with Crippen LogP contribution in [0.1, 0.15) is 21.5 Å². The first-order chi connectivity index (χ1) is 14.6. The van der Waals surface area contributed by atoms with Crippen LogP contribution in [0.15, 0.2) is 60.7 Å². The molecule has 0 radical (unpaired) electrons. The fraction of sp³-hybridized carbons (Fsp3) is 0.200. The maximum atomic E-state index is 12.3. The predicted molar refractivity (Wildman–Crippen MR) is 118 cm³/mol. The van der Waals surface area contributed by atoms with Crippen molar-refractivity contribution in [3.8, 4) is 28.3 Å². The molecule has 0 aromatic heterocycles. The predicted octanol–water partition coefficient (Wildman–Crippen LogP) is 4.14. The van der Waals surface area contributed by atoms with Gasteiger partial charge < -0.3 is 15.4 Å². The van der Waals surface area contributed by atoms with Crippen LogP contribution in [-0.2, 0) is 4.74 Å². The number of hydrogen-bond donors (Lipinski definition) is 1. The molecule has 0 unspecified atom stereocenters. The topological polar surface area (TPSA) is 79.3 Å². The van der Waals surface area contributed by atoms with Gasteiger partial charge in [-0.1, -0.05) is 30.3 Å². The zero-order chi connectivity index (χ0) is 21.1. The summed E-state index contributed by atoms with van der Waals surface area (Å²) in [5.74, 6) is -0.461. The van der Waals surface area contributed by atoms with Gasteiger partial charge in [0.05, 0.1) is 24.8 Å². The third kappa shape index (κ3) is 3.78. The first kappa shape index (κ1) is 19.7. The van der Waals surface area contributed by atoms with Gasteiger partial charge in [-0.3, -0.25) is 4.79 Å². The third-order valence-electron chi connectivity index (χ3n) is 5.51. The Morgan fingerprint density at radius 3 is 2.13 bits per heavy atom. The number of amides is 1. The molecule has 5 nitrogen and oxygen atoms in total. The molecule has 4 rings (SSSR count). The van der Waals surface area contributed by atoms with Gasteiger partial charge in [0.25, 0.3) is 0 Å². The van der Waals surface area contributed by atoms with Crippen LogP contribution in [0.4, 0.5) is 5.69 Å². The van der Waals surface area contributed by atoms with Crippen molar-refractivity contribution >= 4 is 11.6 Å². The Morgan fingerprint density at radius 1 is 0.933 bits per heavy atom. The Labute approximate surface area is 176 Å². The number of rotatable bonds is 4. The molecule has 1 aliphatic heterocycles. The number of hydrogen-bond acceptors (Lipinski definition) is 4. The lowest BCUT2D eigenvalue weighted by Gasteiger charge is -2.29. The third-order valence-corrected chi connectivity index (χ3v) is 5.51. The second-order valence-electron chi connectivity index (χ2n) is 7.38. The maximum Gasteiger partial charge on any atom is 0.249 e. The standard InChI is InChI=1S/C25H23N3O2/c1-17-2-11-22(25(27)29)24(23(17)19-5-3-18(16-26)4-6-19)20-7-9-21(10-8-20)28-12-14-30-15-13-28/h2-11H,12-15H2,1H3,(H2,27,29). The van der Waals surface area contributed by atoms with Crippen LogP contribution in [0, 0.1) is 18.3 Å². The summed E-state index contributed by atoms with van der Waals surface area (Å²) in [4.78, 5) is 14.6. The SMILES string of the molecule is Cc1ccc(C(N)=O)c(-c2ccc(N3CCOCC3)cc2)c1-c1ccc(C#N)cc1. The van der Waals surface area contributed by atoms with Gasteiger partial charge in [0.15, 0.2) is 0 Å². The molecule has 3 aromatic rings. The molecule has 1 aliphatic rings. The van der Waals surface area contributed by atoms with E-state index in [0.29, 0.717) is 11.1 Å². The van der Waals surface area contributed by atoms with Gasteiger partial charge in [0, 0.05) is 29.9 Å². The summed E-state index contributed by atoms with van der Waals surface area (Å²) in [5.41, 5.74) is 12.6. The molecule has 0 aliphatic carbocycles. The van der Waals surface area contributed by atoms with E-state index in [0.717, 1.165) is 59.8 Å². The Kier molecular flexibility index (Phi) is 5.51. The second kappa shape index (κ2) is 8.40. The molecule has 3 aromatic carbocycles.